The van der Waals surface area contributed by atoms with E-state index in [1.54, 1.807) is 31.2 Å². The SMILES string of the molecule is Cc1cc(F)ccc1-c1ccc(N)c(CC(=O)N2CCC(F)(c3ncccn3)C2)n1. The van der Waals surface area contributed by atoms with Gasteiger partial charge in [0.25, 0.3) is 0 Å². The van der Waals surface area contributed by atoms with Crippen molar-refractivity contribution in [2.75, 3.05) is 18.8 Å². The molecule has 1 atom stereocenters. The molecule has 154 valence electrons. The van der Waals surface area contributed by atoms with Crippen molar-refractivity contribution < 1.29 is 13.6 Å². The number of benzene rings is 1. The van der Waals surface area contributed by atoms with Crippen molar-refractivity contribution in [3.63, 3.8) is 0 Å². The number of pyridine rings is 1. The van der Waals surface area contributed by atoms with E-state index in [1.807, 2.05) is 0 Å². The van der Waals surface area contributed by atoms with Gasteiger partial charge in [0.1, 0.15) is 5.82 Å². The summed E-state index contributed by atoms with van der Waals surface area (Å²) in [6, 6.07) is 9.46. The minimum absolute atomic E-state index is 0.0500. The molecule has 1 aliphatic heterocycles. The molecular formula is C22H21F2N5O. The summed E-state index contributed by atoms with van der Waals surface area (Å²) in [7, 11) is 0. The van der Waals surface area contributed by atoms with Gasteiger partial charge in [-0.25, -0.2) is 18.7 Å². The Kier molecular flexibility index (Phi) is 5.15. The van der Waals surface area contributed by atoms with Crippen LogP contribution >= 0.6 is 0 Å². The Morgan fingerprint density at radius 2 is 2.00 bits per heavy atom. The largest absolute Gasteiger partial charge is 0.397 e. The topological polar surface area (TPSA) is 85.0 Å². The van der Waals surface area contributed by atoms with Gasteiger partial charge < -0.3 is 10.6 Å². The first-order valence-electron chi connectivity index (χ1n) is 9.62. The predicted octanol–water partition coefficient (Wildman–Crippen LogP) is 3.21. The molecule has 3 aromatic rings. The summed E-state index contributed by atoms with van der Waals surface area (Å²) >= 11 is 0. The predicted molar refractivity (Wildman–Crippen MR) is 108 cm³/mol. The van der Waals surface area contributed by atoms with Crippen molar-refractivity contribution in [1.82, 2.24) is 19.9 Å². The number of alkyl halides is 1. The fraction of sp³-hybridized carbons (Fsp3) is 0.273. The van der Waals surface area contributed by atoms with E-state index in [9.17, 15) is 9.18 Å². The second kappa shape index (κ2) is 7.78. The maximum atomic E-state index is 15.2. The summed E-state index contributed by atoms with van der Waals surface area (Å²) in [4.78, 5) is 26.8. The zero-order valence-electron chi connectivity index (χ0n) is 16.5. The lowest BCUT2D eigenvalue weighted by molar-refractivity contribution is -0.130. The number of amides is 1. The molecule has 0 saturated carbocycles. The molecule has 8 heteroatoms. The average molecular weight is 409 g/mol. The number of rotatable bonds is 4. The molecule has 2 aromatic heterocycles. The van der Waals surface area contributed by atoms with Gasteiger partial charge in [-0.2, -0.15) is 0 Å². The van der Waals surface area contributed by atoms with Crippen LogP contribution in [0.2, 0.25) is 0 Å². The molecule has 30 heavy (non-hydrogen) atoms. The smallest absolute Gasteiger partial charge is 0.228 e. The van der Waals surface area contributed by atoms with Gasteiger partial charge in [0.05, 0.1) is 30.0 Å². The molecule has 1 unspecified atom stereocenters. The molecule has 3 heterocycles. The summed E-state index contributed by atoms with van der Waals surface area (Å²) in [5.74, 6) is -0.502. The lowest BCUT2D eigenvalue weighted by Gasteiger charge is -2.20. The van der Waals surface area contributed by atoms with Gasteiger partial charge in [0.15, 0.2) is 11.5 Å². The standard InChI is InChI=1S/C22H21F2N5O/c1-14-11-15(23)3-4-16(14)18-6-5-17(25)19(28-18)12-20(30)29-10-7-22(24,13-29)21-26-8-2-9-27-21/h2-6,8-9,11H,7,10,12-13,25H2,1H3. The number of halogens is 2. The van der Waals surface area contributed by atoms with Crippen LogP contribution in [0.5, 0.6) is 0 Å². The van der Waals surface area contributed by atoms with Crippen LogP contribution in [0.4, 0.5) is 14.5 Å². The number of nitrogens with zero attached hydrogens (tertiary/aromatic N) is 4. The van der Waals surface area contributed by atoms with Crippen molar-refractivity contribution in [1.29, 1.82) is 0 Å². The first kappa shape index (κ1) is 19.9. The number of nitrogen functional groups attached to an aromatic ring is 1. The molecular weight excluding hydrogens is 388 g/mol. The van der Waals surface area contributed by atoms with Crippen LogP contribution in [0.15, 0.2) is 48.8 Å². The molecule has 1 aromatic carbocycles. The lowest BCUT2D eigenvalue weighted by Crippen LogP contribution is -2.34. The van der Waals surface area contributed by atoms with Crippen LogP contribution < -0.4 is 5.73 Å². The summed E-state index contributed by atoms with van der Waals surface area (Å²) < 4.78 is 28.7. The highest BCUT2D eigenvalue weighted by molar-refractivity contribution is 5.80. The number of hydrogen-bond acceptors (Lipinski definition) is 5. The molecule has 1 fully saturated rings. The molecule has 0 bridgehead atoms. The molecule has 1 saturated heterocycles. The Hall–Kier alpha value is -3.42. The number of aryl methyl sites for hydroxylation is 1. The van der Waals surface area contributed by atoms with E-state index >= 15 is 4.39 Å². The lowest BCUT2D eigenvalue weighted by atomic mass is 10.0. The third-order valence-corrected chi connectivity index (χ3v) is 5.33. The first-order valence-corrected chi connectivity index (χ1v) is 9.62. The van der Waals surface area contributed by atoms with Crippen molar-refractivity contribution in [2.24, 2.45) is 0 Å². The second-order valence-electron chi connectivity index (χ2n) is 7.47. The van der Waals surface area contributed by atoms with Crippen LogP contribution in [0.3, 0.4) is 0 Å². The highest BCUT2D eigenvalue weighted by Crippen LogP contribution is 2.34. The number of hydrogen-bond donors (Lipinski definition) is 1. The maximum Gasteiger partial charge on any atom is 0.228 e. The summed E-state index contributed by atoms with van der Waals surface area (Å²) in [6.07, 6.45) is 3.06. The van der Waals surface area contributed by atoms with Crippen LogP contribution in [-0.4, -0.2) is 38.8 Å². The Morgan fingerprint density at radius 3 is 2.73 bits per heavy atom. The number of carbonyl (C=O) groups is 1. The number of nitrogens with two attached hydrogens (primary N) is 1. The van der Waals surface area contributed by atoms with E-state index in [0.29, 0.717) is 17.1 Å². The highest BCUT2D eigenvalue weighted by Gasteiger charge is 2.44. The number of anilines is 1. The van der Waals surface area contributed by atoms with E-state index < -0.39 is 5.67 Å². The van der Waals surface area contributed by atoms with Crippen molar-refractivity contribution in [3.8, 4) is 11.3 Å². The zero-order valence-corrected chi connectivity index (χ0v) is 16.5. The van der Waals surface area contributed by atoms with Crippen LogP contribution in [-0.2, 0) is 16.9 Å². The molecule has 1 amide bonds. The summed E-state index contributed by atoms with van der Waals surface area (Å²) in [5.41, 5.74) is 7.15. The minimum atomic E-state index is -1.76. The fourth-order valence-corrected chi connectivity index (χ4v) is 3.67. The van der Waals surface area contributed by atoms with E-state index in [2.05, 4.69) is 15.0 Å². The summed E-state index contributed by atoms with van der Waals surface area (Å²) in [5, 5.41) is 0. The minimum Gasteiger partial charge on any atom is -0.397 e. The van der Waals surface area contributed by atoms with Gasteiger partial charge >= 0.3 is 0 Å². The molecule has 4 rings (SSSR count). The average Bonchev–Trinajstić information content (AvgIpc) is 3.14. The Labute approximate surface area is 172 Å². The Bertz CT molecular complexity index is 1090. The Morgan fingerprint density at radius 1 is 1.23 bits per heavy atom. The van der Waals surface area contributed by atoms with Crippen LogP contribution in [0, 0.1) is 12.7 Å². The fourth-order valence-electron chi connectivity index (χ4n) is 3.67. The molecule has 0 aliphatic carbocycles. The second-order valence-corrected chi connectivity index (χ2v) is 7.47. The van der Waals surface area contributed by atoms with E-state index in [-0.39, 0.29) is 43.5 Å². The van der Waals surface area contributed by atoms with Crippen molar-refractivity contribution in [2.45, 2.75) is 25.4 Å². The third-order valence-electron chi connectivity index (χ3n) is 5.33. The molecule has 2 N–H and O–H groups in total. The molecule has 1 aliphatic rings. The van der Waals surface area contributed by atoms with E-state index in [1.165, 1.54) is 29.4 Å². The van der Waals surface area contributed by atoms with Gasteiger partial charge in [-0.1, -0.05) is 0 Å². The molecule has 6 nitrogen and oxygen atoms in total. The highest BCUT2D eigenvalue weighted by atomic mass is 19.1. The van der Waals surface area contributed by atoms with E-state index in [4.69, 9.17) is 5.73 Å². The Balaban J connectivity index is 1.52. The number of aromatic nitrogens is 3. The van der Waals surface area contributed by atoms with Gasteiger partial charge in [0, 0.05) is 30.9 Å². The molecule has 0 spiro atoms. The van der Waals surface area contributed by atoms with Crippen LogP contribution in [0.25, 0.3) is 11.3 Å². The third kappa shape index (κ3) is 3.85. The first-order chi connectivity index (χ1) is 14.4. The van der Waals surface area contributed by atoms with Gasteiger partial charge in [-0.3, -0.25) is 9.78 Å². The van der Waals surface area contributed by atoms with Gasteiger partial charge in [-0.15, -0.1) is 0 Å². The number of likely N-dealkylation sites (tertiary alicyclic amines) is 1. The number of carbonyl (C=O) groups excluding carboxylic acids is 1. The normalized spacial score (nSPS) is 18.6. The van der Waals surface area contributed by atoms with Gasteiger partial charge in [-0.05, 0) is 48.9 Å². The summed E-state index contributed by atoms with van der Waals surface area (Å²) in [6.45, 7) is 1.95. The maximum absolute atomic E-state index is 15.2. The molecule has 0 radical (unpaired) electrons. The van der Waals surface area contributed by atoms with E-state index in [0.717, 1.165) is 11.1 Å². The van der Waals surface area contributed by atoms with Crippen molar-refractivity contribution >= 4 is 11.6 Å². The quantitative estimate of drug-likeness (QED) is 0.715. The van der Waals surface area contributed by atoms with Crippen LogP contribution in [0.1, 0.15) is 23.5 Å². The van der Waals surface area contributed by atoms with Crippen molar-refractivity contribution in [3.05, 3.63) is 71.7 Å². The zero-order chi connectivity index (χ0) is 21.3. The van der Waals surface area contributed by atoms with Gasteiger partial charge in [0.2, 0.25) is 5.91 Å². The monoisotopic (exact) mass is 409 g/mol.